The molecule has 0 aromatic carbocycles. The van der Waals surface area contributed by atoms with E-state index in [1.165, 1.54) is 6.08 Å². The monoisotopic (exact) mass is 795 g/mol. The molecule has 0 aliphatic rings. The fourth-order valence-electron chi connectivity index (χ4n) is 5.07. The van der Waals surface area contributed by atoms with Gasteiger partial charge in [-0.05, 0) is 63.5 Å². The van der Waals surface area contributed by atoms with E-state index in [9.17, 15) is 4.79 Å². The Kier molecular flexibility index (Phi) is 21.0. The van der Waals surface area contributed by atoms with E-state index in [0.717, 1.165) is 0 Å². The van der Waals surface area contributed by atoms with E-state index in [1.54, 1.807) is 64.0 Å². The van der Waals surface area contributed by atoms with Gasteiger partial charge in [0.2, 0.25) is 5.91 Å². The lowest BCUT2D eigenvalue weighted by atomic mass is 10.6. The van der Waals surface area contributed by atoms with Gasteiger partial charge in [0.25, 0.3) is 0 Å². The highest BCUT2D eigenvalue weighted by Gasteiger charge is 2.54. The highest BCUT2D eigenvalue weighted by molar-refractivity contribution is 6.91. The first-order chi connectivity index (χ1) is 21.7. The number of rotatable bonds is 28. The topological polar surface area (TPSA) is 140 Å². The lowest BCUT2D eigenvalue weighted by molar-refractivity contribution is -0.116. The summed E-state index contributed by atoms with van der Waals surface area (Å²) in [7, 11) is -5.35. The average Bonchev–Trinajstić information content (AvgIpc) is 3.03. The second-order valence-electron chi connectivity index (χ2n) is 12.9. The fraction of sp³-hybridized carbons (Fsp3) is 0.885. The first-order valence-corrected chi connectivity index (χ1v) is 32.8. The molecule has 0 rings (SSSR count). The molecule has 0 radical (unpaired) electrons. The highest BCUT2D eigenvalue weighted by Crippen LogP contribution is 2.36. The largest absolute Gasteiger partial charge is 0.499 e. The van der Waals surface area contributed by atoms with Crippen molar-refractivity contribution in [1.82, 2.24) is 5.32 Å². The molecule has 0 aromatic heterocycles. The highest BCUT2D eigenvalue weighted by atomic mass is 28.5. The molecule has 0 aliphatic carbocycles. The van der Waals surface area contributed by atoms with Gasteiger partial charge < -0.3 is 57.5 Å². The van der Waals surface area contributed by atoms with Crippen molar-refractivity contribution in [2.45, 2.75) is 81.6 Å². The fourth-order valence-corrected chi connectivity index (χ4v) is 33.9. The molecule has 0 spiro atoms. The zero-order valence-electron chi connectivity index (χ0n) is 31.7. The molecule has 0 unspecified atom stereocenters. The van der Waals surface area contributed by atoms with Gasteiger partial charge >= 0.3 is 35.2 Å². The van der Waals surface area contributed by atoms with Gasteiger partial charge in [0.15, 0.2) is 25.0 Å². The van der Waals surface area contributed by atoms with E-state index < -0.39 is 60.2 Å². The molecule has 47 heavy (non-hydrogen) atoms. The molecule has 0 atom stereocenters. The van der Waals surface area contributed by atoms with Crippen LogP contribution in [0.3, 0.4) is 0 Å². The molecule has 0 saturated carbocycles. The molecule has 0 heterocycles. The van der Waals surface area contributed by atoms with Gasteiger partial charge in [-0.15, -0.1) is 0 Å². The second-order valence-corrected chi connectivity index (χ2v) is 38.5. The Morgan fingerprint density at radius 1 is 0.468 bits per heavy atom. The van der Waals surface area contributed by atoms with Crippen molar-refractivity contribution in [2.75, 3.05) is 70.5 Å². The molecule has 0 fully saturated rings. The van der Waals surface area contributed by atoms with Crippen LogP contribution in [0, 0.1) is 0 Å². The molecule has 280 valence electrons. The van der Waals surface area contributed by atoms with Gasteiger partial charge in [-0.25, -0.2) is 0 Å². The summed E-state index contributed by atoms with van der Waals surface area (Å²) in [6, 6.07) is 4.13. The summed E-state index contributed by atoms with van der Waals surface area (Å²) in [6.07, 6.45) is 1.25. The predicted octanol–water partition coefficient (Wildman–Crippen LogP) is 4.53. The van der Waals surface area contributed by atoms with E-state index >= 15 is 0 Å². The molecule has 14 nitrogen and oxygen atoms in total. The summed E-state index contributed by atoms with van der Waals surface area (Å²) in [5.74, 6) is -0.277. The summed E-state index contributed by atoms with van der Waals surface area (Å²) in [4.78, 5) is 12.3. The van der Waals surface area contributed by atoms with Crippen LogP contribution in [-0.2, 0) is 57.0 Å². The summed E-state index contributed by atoms with van der Waals surface area (Å²) >= 11 is 0. The summed E-state index contributed by atoms with van der Waals surface area (Å²) in [6.45, 7) is 16.8. The van der Waals surface area contributed by atoms with Crippen molar-refractivity contribution >= 4 is 66.1 Å². The van der Waals surface area contributed by atoms with Gasteiger partial charge in [0.1, 0.15) is 0 Å². The Hall–Kier alpha value is 0.248. The van der Waals surface area contributed by atoms with Crippen molar-refractivity contribution in [2.24, 2.45) is 0 Å². The molecule has 0 bridgehead atoms. The minimum absolute atomic E-state index is 0.277. The van der Waals surface area contributed by atoms with Gasteiger partial charge in [0, 0.05) is 94.7 Å². The van der Waals surface area contributed by atoms with Crippen molar-refractivity contribution in [3.8, 4) is 0 Å². The maximum absolute atomic E-state index is 12.3. The van der Waals surface area contributed by atoms with Gasteiger partial charge in [0.05, 0.1) is 0 Å². The normalized spacial score (nSPS) is 14.0. The van der Waals surface area contributed by atoms with Crippen LogP contribution in [0.2, 0.25) is 81.6 Å². The van der Waals surface area contributed by atoms with E-state index in [-0.39, 0.29) is 5.91 Å². The molecule has 0 aliphatic heterocycles. The van der Waals surface area contributed by atoms with Crippen LogP contribution in [0.5, 0.6) is 0 Å². The maximum Gasteiger partial charge on any atom is 0.499 e. The molecular formula is C26H65NO13Si7. The van der Waals surface area contributed by atoms with Crippen LogP contribution in [0.15, 0.2) is 12.7 Å². The van der Waals surface area contributed by atoms with Crippen molar-refractivity contribution in [3.05, 3.63) is 12.7 Å². The minimum atomic E-state index is -3.55. The molecule has 0 aromatic rings. The van der Waals surface area contributed by atoms with E-state index in [2.05, 4.69) is 51.2 Å². The Labute approximate surface area is 292 Å². The van der Waals surface area contributed by atoms with E-state index in [1.807, 2.05) is 0 Å². The molecule has 1 N–H and O–H groups in total. The number of nitrogens with one attached hydrogen (secondary N) is 1. The van der Waals surface area contributed by atoms with Gasteiger partial charge in [-0.1, -0.05) is 6.58 Å². The van der Waals surface area contributed by atoms with Crippen LogP contribution in [0.4, 0.5) is 0 Å². The molecular weight excluding hydrogens is 731 g/mol. The molecule has 1 amide bonds. The van der Waals surface area contributed by atoms with Crippen molar-refractivity contribution < 1.29 is 57.0 Å². The summed E-state index contributed by atoms with van der Waals surface area (Å²) in [5, 5.41) is 2.92. The third-order valence-corrected chi connectivity index (χ3v) is 33.4. The van der Waals surface area contributed by atoms with E-state index in [4.69, 9.17) is 52.2 Å². The number of hydrogen-bond donors (Lipinski definition) is 1. The maximum atomic E-state index is 12.3. The Balaban J connectivity index is 6.87. The summed E-state index contributed by atoms with van der Waals surface area (Å²) in [5.41, 5.74) is 0. The molecule has 21 heteroatoms. The van der Waals surface area contributed by atoms with Crippen LogP contribution < -0.4 is 5.32 Å². The number of amides is 1. The predicted molar refractivity (Wildman–Crippen MR) is 199 cm³/mol. The number of carbonyl (C=O) groups excluding carboxylic acids is 1. The first-order valence-electron chi connectivity index (χ1n) is 15.7. The minimum Gasteiger partial charge on any atom is -0.417 e. The third kappa shape index (κ3) is 16.0. The first kappa shape index (κ1) is 47.2. The number of hydrogen-bond acceptors (Lipinski definition) is 13. The lowest BCUT2D eigenvalue weighted by Crippen LogP contribution is -2.63. The van der Waals surface area contributed by atoms with Crippen LogP contribution >= 0.6 is 0 Å². The zero-order chi connectivity index (χ0) is 36.6. The van der Waals surface area contributed by atoms with Crippen LogP contribution in [-0.4, -0.2) is 137 Å². The summed E-state index contributed by atoms with van der Waals surface area (Å²) < 4.78 is 73.3. The Bertz CT molecular complexity index is 804. The Morgan fingerprint density at radius 3 is 0.936 bits per heavy atom. The second kappa shape index (κ2) is 20.9. The Morgan fingerprint density at radius 2 is 0.723 bits per heavy atom. The van der Waals surface area contributed by atoms with Crippen molar-refractivity contribution in [3.63, 3.8) is 0 Å². The van der Waals surface area contributed by atoms with Gasteiger partial charge in [-0.3, -0.25) is 4.79 Å². The quantitative estimate of drug-likeness (QED) is 0.0878. The smallest absolute Gasteiger partial charge is 0.417 e. The van der Waals surface area contributed by atoms with Gasteiger partial charge in [-0.2, -0.15) is 0 Å². The van der Waals surface area contributed by atoms with Crippen LogP contribution in [0.25, 0.3) is 0 Å². The average molecular weight is 796 g/mol. The molecule has 0 saturated heterocycles. The standard InChI is InChI=1S/C26H65NO13Si7/c1-17-26(28)27-18-19-47(38-41(11,12)20-23-44(29-2,30-3)31-4,39-42(13,14)21-24-45(32-5,33-6)34-7)40-43(15,16)22-25-46(35-8,36-9)37-10/h17H,1,18-25H2,2-16H3,(H,27,28). The zero-order valence-corrected chi connectivity index (χ0v) is 38.7. The number of carbonyl (C=O) groups is 1. The lowest BCUT2D eigenvalue weighted by Gasteiger charge is -2.45. The third-order valence-electron chi connectivity index (χ3n) is 8.11. The van der Waals surface area contributed by atoms with Crippen molar-refractivity contribution in [1.29, 1.82) is 0 Å². The SMILES string of the molecule is C=CC(=O)NCC[Si](O[Si](C)(C)CC[Si](OC)(OC)OC)(O[Si](C)(C)CC[Si](OC)(OC)OC)O[Si](C)(C)CC[Si](OC)(OC)OC. The van der Waals surface area contributed by atoms with E-state index in [0.29, 0.717) is 48.9 Å². The van der Waals surface area contributed by atoms with Crippen LogP contribution in [0.1, 0.15) is 0 Å².